The SMILES string of the molecule is COc1c(C=O)c(C(C)=O)nn1Cc1cc(F)ccc1F. The number of hydrogen-bond donors (Lipinski definition) is 0. The Kier molecular flexibility index (Phi) is 4.11. The van der Waals surface area contributed by atoms with Gasteiger partial charge in [-0.25, -0.2) is 13.5 Å². The monoisotopic (exact) mass is 294 g/mol. The van der Waals surface area contributed by atoms with E-state index in [0.29, 0.717) is 6.29 Å². The summed E-state index contributed by atoms with van der Waals surface area (Å²) in [5.41, 5.74) is -0.0520. The van der Waals surface area contributed by atoms with Crippen LogP contribution in [0.3, 0.4) is 0 Å². The minimum Gasteiger partial charge on any atom is -0.481 e. The zero-order valence-corrected chi connectivity index (χ0v) is 11.4. The molecular formula is C14H12F2N2O3. The number of nitrogens with zero attached hydrogens (tertiary/aromatic N) is 2. The zero-order valence-electron chi connectivity index (χ0n) is 11.4. The van der Waals surface area contributed by atoms with Crippen molar-refractivity contribution in [3.63, 3.8) is 0 Å². The number of halogens is 2. The van der Waals surface area contributed by atoms with Gasteiger partial charge in [0, 0.05) is 12.5 Å². The Hall–Kier alpha value is -2.57. The van der Waals surface area contributed by atoms with Gasteiger partial charge in [0.2, 0.25) is 5.88 Å². The fourth-order valence-corrected chi connectivity index (χ4v) is 1.97. The van der Waals surface area contributed by atoms with Crippen molar-refractivity contribution in [2.75, 3.05) is 7.11 Å². The van der Waals surface area contributed by atoms with Gasteiger partial charge in [-0.2, -0.15) is 5.10 Å². The molecule has 0 aliphatic rings. The molecule has 0 aliphatic heterocycles. The van der Waals surface area contributed by atoms with Gasteiger partial charge in [-0.3, -0.25) is 9.59 Å². The molecule has 5 nitrogen and oxygen atoms in total. The van der Waals surface area contributed by atoms with Crippen LogP contribution in [0.15, 0.2) is 18.2 Å². The van der Waals surface area contributed by atoms with Crippen molar-refractivity contribution < 1.29 is 23.1 Å². The summed E-state index contributed by atoms with van der Waals surface area (Å²) >= 11 is 0. The second kappa shape index (κ2) is 5.82. The number of carbonyl (C=O) groups is 2. The predicted molar refractivity (Wildman–Crippen MR) is 69.6 cm³/mol. The van der Waals surface area contributed by atoms with E-state index in [4.69, 9.17) is 4.74 Å². The maximum Gasteiger partial charge on any atom is 0.223 e. The molecule has 21 heavy (non-hydrogen) atoms. The third-order valence-corrected chi connectivity index (χ3v) is 2.91. The summed E-state index contributed by atoms with van der Waals surface area (Å²) < 4.78 is 33.0. The first-order valence-electron chi connectivity index (χ1n) is 6.02. The number of ketones is 1. The Morgan fingerprint density at radius 2 is 2.14 bits per heavy atom. The molecule has 0 amide bonds. The first kappa shape index (κ1) is 14.8. The van der Waals surface area contributed by atoms with Crippen LogP contribution in [0.1, 0.15) is 33.3 Å². The van der Waals surface area contributed by atoms with Gasteiger partial charge in [-0.15, -0.1) is 0 Å². The van der Waals surface area contributed by atoms with Gasteiger partial charge in [0.15, 0.2) is 12.1 Å². The van der Waals surface area contributed by atoms with E-state index in [2.05, 4.69) is 5.10 Å². The van der Waals surface area contributed by atoms with E-state index in [1.165, 1.54) is 14.0 Å². The lowest BCUT2D eigenvalue weighted by molar-refractivity contribution is 0.1000. The number of carbonyl (C=O) groups excluding carboxylic acids is 2. The van der Waals surface area contributed by atoms with Crippen molar-refractivity contribution in [1.29, 1.82) is 0 Å². The lowest BCUT2D eigenvalue weighted by Crippen LogP contribution is -2.07. The van der Waals surface area contributed by atoms with E-state index in [1.54, 1.807) is 0 Å². The Morgan fingerprint density at radius 1 is 1.43 bits per heavy atom. The molecule has 0 spiro atoms. The number of Topliss-reactive ketones (excluding diaryl/α,β-unsaturated/α-hetero) is 1. The number of aromatic nitrogens is 2. The van der Waals surface area contributed by atoms with Crippen molar-refractivity contribution in [1.82, 2.24) is 9.78 Å². The van der Waals surface area contributed by atoms with Crippen molar-refractivity contribution in [3.05, 3.63) is 46.7 Å². The van der Waals surface area contributed by atoms with Crippen molar-refractivity contribution in [3.8, 4) is 5.88 Å². The summed E-state index contributed by atoms with van der Waals surface area (Å²) in [5.74, 6) is -1.61. The largest absolute Gasteiger partial charge is 0.481 e. The van der Waals surface area contributed by atoms with E-state index in [-0.39, 0.29) is 29.2 Å². The quantitative estimate of drug-likeness (QED) is 0.626. The topological polar surface area (TPSA) is 61.2 Å². The average Bonchev–Trinajstić information content (AvgIpc) is 2.80. The van der Waals surface area contributed by atoms with Gasteiger partial charge in [0.05, 0.1) is 13.7 Å². The molecule has 0 unspecified atom stereocenters. The smallest absolute Gasteiger partial charge is 0.223 e. The van der Waals surface area contributed by atoms with E-state index in [0.717, 1.165) is 22.9 Å². The highest BCUT2D eigenvalue weighted by Crippen LogP contribution is 2.23. The number of methoxy groups -OCH3 is 1. The number of rotatable bonds is 5. The fraction of sp³-hybridized carbons (Fsp3) is 0.214. The van der Waals surface area contributed by atoms with Crippen LogP contribution < -0.4 is 4.74 Å². The molecule has 7 heteroatoms. The lowest BCUT2D eigenvalue weighted by atomic mass is 10.2. The lowest BCUT2D eigenvalue weighted by Gasteiger charge is -2.07. The van der Waals surface area contributed by atoms with E-state index >= 15 is 0 Å². The van der Waals surface area contributed by atoms with E-state index in [9.17, 15) is 18.4 Å². The fourth-order valence-electron chi connectivity index (χ4n) is 1.97. The summed E-state index contributed by atoms with van der Waals surface area (Å²) in [5, 5.41) is 3.94. The molecule has 0 fully saturated rings. The maximum absolute atomic E-state index is 13.7. The van der Waals surface area contributed by atoms with Gasteiger partial charge in [0.1, 0.15) is 22.9 Å². The van der Waals surface area contributed by atoms with Gasteiger partial charge in [-0.05, 0) is 18.2 Å². The van der Waals surface area contributed by atoms with E-state index < -0.39 is 17.4 Å². The summed E-state index contributed by atoms with van der Waals surface area (Å²) in [6.07, 6.45) is 0.445. The molecule has 0 saturated carbocycles. The highest BCUT2D eigenvalue weighted by Gasteiger charge is 2.21. The predicted octanol–water partition coefficient (Wildman–Crippen LogP) is 2.23. The van der Waals surface area contributed by atoms with Gasteiger partial charge in [-0.1, -0.05) is 0 Å². The maximum atomic E-state index is 13.7. The Bertz CT molecular complexity index is 710. The molecular weight excluding hydrogens is 282 g/mol. The highest BCUT2D eigenvalue weighted by molar-refractivity contribution is 6.01. The standard InChI is InChI=1S/C14H12F2N2O3/c1-8(20)13-11(7-19)14(21-2)18(17-13)6-9-5-10(15)3-4-12(9)16/h3-5,7H,6H2,1-2H3. The Morgan fingerprint density at radius 3 is 2.71 bits per heavy atom. The molecule has 1 heterocycles. The molecule has 0 bridgehead atoms. The first-order chi connectivity index (χ1) is 9.97. The van der Waals surface area contributed by atoms with Crippen molar-refractivity contribution >= 4 is 12.1 Å². The second-order valence-corrected chi connectivity index (χ2v) is 4.34. The molecule has 1 aromatic carbocycles. The molecule has 1 aromatic heterocycles. The number of ether oxygens (including phenoxy) is 1. The molecule has 110 valence electrons. The van der Waals surface area contributed by atoms with Gasteiger partial charge in [0.25, 0.3) is 0 Å². The highest BCUT2D eigenvalue weighted by atomic mass is 19.1. The van der Waals surface area contributed by atoms with E-state index in [1.807, 2.05) is 0 Å². The first-order valence-corrected chi connectivity index (χ1v) is 6.02. The van der Waals surface area contributed by atoms with Crippen LogP contribution in [0.4, 0.5) is 8.78 Å². The minimum atomic E-state index is -0.619. The van der Waals surface area contributed by atoms with Crippen LogP contribution in [0.25, 0.3) is 0 Å². The summed E-state index contributed by atoms with van der Waals surface area (Å²) in [6.45, 7) is 1.09. The molecule has 0 saturated heterocycles. The van der Waals surface area contributed by atoms with Crippen LogP contribution in [-0.2, 0) is 6.54 Å². The Labute approximate surface area is 119 Å². The Balaban J connectivity index is 2.51. The van der Waals surface area contributed by atoms with Crippen LogP contribution >= 0.6 is 0 Å². The third kappa shape index (κ3) is 2.81. The van der Waals surface area contributed by atoms with Crippen LogP contribution in [0, 0.1) is 11.6 Å². The van der Waals surface area contributed by atoms with Crippen LogP contribution in [-0.4, -0.2) is 29.0 Å². The molecule has 0 atom stereocenters. The number of hydrogen-bond acceptors (Lipinski definition) is 4. The molecule has 2 rings (SSSR count). The van der Waals surface area contributed by atoms with Gasteiger partial charge < -0.3 is 4.74 Å². The third-order valence-electron chi connectivity index (χ3n) is 2.91. The molecule has 2 aromatic rings. The molecule has 0 radical (unpaired) electrons. The second-order valence-electron chi connectivity index (χ2n) is 4.34. The molecule has 0 N–H and O–H groups in total. The summed E-state index contributed by atoms with van der Waals surface area (Å²) in [4.78, 5) is 22.5. The minimum absolute atomic E-state index is 0.0122. The normalized spacial score (nSPS) is 10.5. The number of benzene rings is 1. The zero-order chi connectivity index (χ0) is 15.6. The summed E-state index contributed by atoms with van der Waals surface area (Å²) in [7, 11) is 1.30. The average molecular weight is 294 g/mol. The van der Waals surface area contributed by atoms with Crippen LogP contribution in [0.5, 0.6) is 5.88 Å². The van der Waals surface area contributed by atoms with Crippen molar-refractivity contribution in [2.24, 2.45) is 0 Å². The molecule has 0 aliphatic carbocycles. The number of aldehydes is 1. The van der Waals surface area contributed by atoms with Gasteiger partial charge >= 0.3 is 0 Å². The van der Waals surface area contributed by atoms with Crippen molar-refractivity contribution in [2.45, 2.75) is 13.5 Å². The summed E-state index contributed by atoms with van der Waals surface area (Å²) in [6, 6.07) is 3.01. The van der Waals surface area contributed by atoms with Crippen LogP contribution in [0.2, 0.25) is 0 Å².